The minimum atomic E-state index is -3.11. The van der Waals surface area contributed by atoms with Crippen molar-refractivity contribution in [2.45, 2.75) is 19.3 Å². The van der Waals surface area contributed by atoms with Crippen molar-refractivity contribution < 1.29 is 13.2 Å². The minimum Gasteiger partial charge on any atom is -0.385 e. The molecule has 1 aliphatic carbocycles. The molecule has 90 valence electrons. The van der Waals surface area contributed by atoms with Crippen LogP contribution in [0.15, 0.2) is 0 Å². The highest BCUT2D eigenvalue weighted by Gasteiger charge is 2.41. The first-order valence-electron chi connectivity index (χ1n) is 5.06. The van der Waals surface area contributed by atoms with Gasteiger partial charge in [-0.25, -0.2) is 13.1 Å². The molecule has 0 aromatic heterocycles. The van der Waals surface area contributed by atoms with E-state index in [0.29, 0.717) is 19.6 Å². The Bertz CT molecular complexity index is 288. The maximum Gasteiger partial charge on any atom is 0.211 e. The lowest BCUT2D eigenvalue weighted by Gasteiger charge is -2.12. The van der Waals surface area contributed by atoms with E-state index in [0.717, 1.165) is 18.2 Å². The van der Waals surface area contributed by atoms with E-state index in [9.17, 15) is 8.42 Å². The molecule has 0 amide bonds. The van der Waals surface area contributed by atoms with Gasteiger partial charge in [0.15, 0.2) is 0 Å². The third-order valence-electron chi connectivity index (χ3n) is 2.67. The van der Waals surface area contributed by atoms with Crippen LogP contribution in [0.3, 0.4) is 0 Å². The molecule has 1 saturated carbocycles. The van der Waals surface area contributed by atoms with Crippen LogP contribution in [-0.2, 0) is 14.8 Å². The van der Waals surface area contributed by atoms with Crippen LogP contribution in [0.25, 0.3) is 0 Å². The molecule has 1 N–H and O–H groups in total. The largest absolute Gasteiger partial charge is 0.385 e. The van der Waals surface area contributed by atoms with Crippen LogP contribution in [0.1, 0.15) is 19.3 Å². The van der Waals surface area contributed by atoms with Gasteiger partial charge >= 0.3 is 0 Å². The van der Waals surface area contributed by atoms with E-state index in [4.69, 9.17) is 4.74 Å². The Labute approximate surface area is 99.9 Å². The summed E-state index contributed by atoms with van der Waals surface area (Å²) >= 11 is 3.41. The lowest BCUT2D eigenvalue weighted by Crippen LogP contribution is -2.33. The van der Waals surface area contributed by atoms with Crippen molar-refractivity contribution in [2.24, 2.45) is 5.41 Å². The summed E-state index contributed by atoms with van der Waals surface area (Å²) < 4.78 is 30.5. The summed E-state index contributed by atoms with van der Waals surface area (Å²) in [5, 5.41) is 0.876. The average Bonchev–Trinajstić information content (AvgIpc) is 2.96. The number of sulfonamides is 1. The van der Waals surface area contributed by atoms with Crippen LogP contribution in [-0.4, -0.2) is 39.8 Å². The maximum atomic E-state index is 11.5. The molecule has 0 spiro atoms. The standard InChI is InChI=1S/C9H18BrNO3S/c1-14-5-2-6-15(12,13)11-8-9(7-10)3-4-9/h11H,2-8H2,1H3. The SMILES string of the molecule is COCCCS(=O)(=O)NCC1(CBr)CC1. The molecule has 6 heteroatoms. The fraction of sp³-hybridized carbons (Fsp3) is 1.00. The lowest BCUT2D eigenvalue weighted by molar-refractivity contribution is 0.199. The van der Waals surface area contributed by atoms with Gasteiger partial charge in [0.2, 0.25) is 10.0 Å². The Morgan fingerprint density at radius 3 is 2.60 bits per heavy atom. The first-order chi connectivity index (χ1) is 7.04. The number of hydrogen-bond donors (Lipinski definition) is 1. The van der Waals surface area contributed by atoms with Crippen molar-refractivity contribution in [3.05, 3.63) is 0 Å². The van der Waals surface area contributed by atoms with E-state index in [1.54, 1.807) is 7.11 Å². The van der Waals surface area contributed by atoms with Crippen molar-refractivity contribution in [1.82, 2.24) is 4.72 Å². The zero-order valence-corrected chi connectivity index (χ0v) is 11.4. The highest BCUT2D eigenvalue weighted by Crippen LogP contribution is 2.46. The highest BCUT2D eigenvalue weighted by molar-refractivity contribution is 9.09. The zero-order chi connectivity index (χ0) is 11.4. The van der Waals surface area contributed by atoms with Gasteiger partial charge in [0.1, 0.15) is 0 Å². The van der Waals surface area contributed by atoms with E-state index < -0.39 is 10.0 Å². The number of hydrogen-bond acceptors (Lipinski definition) is 3. The van der Waals surface area contributed by atoms with Gasteiger partial charge in [-0.05, 0) is 24.7 Å². The Kier molecular flexibility index (Phi) is 5.02. The molecule has 1 aliphatic rings. The van der Waals surface area contributed by atoms with E-state index >= 15 is 0 Å². The Morgan fingerprint density at radius 2 is 2.13 bits per heavy atom. The molecule has 1 fully saturated rings. The van der Waals surface area contributed by atoms with Gasteiger partial charge in [0.25, 0.3) is 0 Å². The van der Waals surface area contributed by atoms with E-state index in [1.165, 1.54) is 0 Å². The fourth-order valence-electron chi connectivity index (χ4n) is 1.26. The predicted octanol–water partition coefficient (Wildman–Crippen LogP) is 1.12. The number of methoxy groups -OCH3 is 1. The molecule has 0 heterocycles. The number of alkyl halides is 1. The Balaban J connectivity index is 2.24. The van der Waals surface area contributed by atoms with Gasteiger partial charge in [0, 0.05) is 25.6 Å². The number of rotatable bonds is 8. The van der Waals surface area contributed by atoms with Gasteiger partial charge in [0.05, 0.1) is 5.75 Å². The zero-order valence-electron chi connectivity index (χ0n) is 8.96. The molecule has 0 aliphatic heterocycles. The molecule has 0 saturated heterocycles. The monoisotopic (exact) mass is 299 g/mol. The summed E-state index contributed by atoms with van der Waals surface area (Å²) in [6.45, 7) is 1.05. The van der Waals surface area contributed by atoms with Crippen molar-refractivity contribution in [3.8, 4) is 0 Å². The molecule has 0 aromatic rings. The normalized spacial score (nSPS) is 19.1. The van der Waals surface area contributed by atoms with Crippen molar-refractivity contribution >= 4 is 26.0 Å². The van der Waals surface area contributed by atoms with Gasteiger partial charge in [-0.2, -0.15) is 0 Å². The quantitative estimate of drug-likeness (QED) is 0.540. The molecule has 1 rings (SSSR count). The van der Waals surface area contributed by atoms with Gasteiger partial charge < -0.3 is 4.74 Å². The van der Waals surface area contributed by atoms with Crippen molar-refractivity contribution in [3.63, 3.8) is 0 Å². The summed E-state index contributed by atoms with van der Waals surface area (Å²) in [5.74, 6) is 0.152. The average molecular weight is 300 g/mol. The van der Waals surface area contributed by atoms with Crippen LogP contribution in [0.2, 0.25) is 0 Å². The molecule has 4 nitrogen and oxygen atoms in total. The van der Waals surface area contributed by atoms with Crippen LogP contribution < -0.4 is 4.72 Å². The molecule has 0 bridgehead atoms. The first kappa shape index (κ1) is 13.4. The fourth-order valence-corrected chi connectivity index (χ4v) is 3.19. The van der Waals surface area contributed by atoms with Crippen molar-refractivity contribution in [2.75, 3.05) is 31.3 Å². The molecule has 0 atom stereocenters. The molecular weight excluding hydrogens is 282 g/mol. The lowest BCUT2D eigenvalue weighted by atomic mass is 10.1. The second kappa shape index (κ2) is 5.61. The van der Waals surface area contributed by atoms with Crippen LogP contribution in [0.4, 0.5) is 0 Å². The molecule has 0 unspecified atom stereocenters. The smallest absolute Gasteiger partial charge is 0.211 e. The third-order valence-corrected chi connectivity index (χ3v) is 5.27. The summed E-state index contributed by atoms with van der Waals surface area (Å²) in [7, 11) is -1.53. The molecule has 15 heavy (non-hydrogen) atoms. The molecule has 0 aromatic carbocycles. The minimum absolute atomic E-state index is 0.152. The predicted molar refractivity (Wildman–Crippen MR) is 63.7 cm³/mol. The molecular formula is C9H18BrNO3S. The Hall–Kier alpha value is 0.350. The van der Waals surface area contributed by atoms with Crippen molar-refractivity contribution in [1.29, 1.82) is 0 Å². The number of halogens is 1. The van der Waals surface area contributed by atoms with Crippen LogP contribution in [0, 0.1) is 5.41 Å². The maximum absolute atomic E-state index is 11.5. The van der Waals surface area contributed by atoms with Crippen LogP contribution in [0.5, 0.6) is 0 Å². The summed E-state index contributed by atoms with van der Waals surface area (Å²) in [6, 6.07) is 0. The second-order valence-corrected chi connectivity index (χ2v) is 6.61. The van der Waals surface area contributed by atoms with E-state index in [2.05, 4.69) is 20.7 Å². The summed E-state index contributed by atoms with van der Waals surface area (Å²) in [5.41, 5.74) is 0.189. The highest BCUT2D eigenvalue weighted by atomic mass is 79.9. The Morgan fingerprint density at radius 1 is 1.47 bits per heavy atom. The molecule has 0 radical (unpaired) electrons. The summed E-state index contributed by atoms with van der Waals surface area (Å²) in [6.07, 6.45) is 2.77. The second-order valence-electron chi connectivity index (χ2n) is 4.12. The topological polar surface area (TPSA) is 55.4 Å². The van der Waals surface area contributed by atoms with E-state index in [-0.39, 0.29) is 11.2 Å². The van der Waals surface area contributed by atoms with E-state index in [1.807, 2.05) is 0 Å². The van der Waals surface area contributed by atoms with Gasteiger partial charge in [-0.3, -0.25) is 0 Å². The third kappa shape index (κ3) is 4.80. The number of nitrogens with one attached hydrogen (secondary N) is 1. The first-order valence-corrected chi connectivity index (χ1v) is 7.83. The van der Waals surface area contributed by atoms with Gasteiger partial charge in [-0.15, -0.1) is 0 Å². The summed E-state index contributed by atoms with van der Waals surface area (Å²) in [4.78, 5) is 0. The number of ether oxygens (including phenoxy) is 1. The van der Waals surface area contributed by atoms with Gasteiger partial charge in [-0.1, -0.05) is 15.9 Å². The van der Waals surface area contributed by atoms with Crippen LogP contribution >= 0.6 is 15.9 Å².